The number of hydrogen-bond donors (Lipinski definition) is 1. The van der Waals surface area contributed by atoms with Gasteiger partial charge in [0.15, 0.2) is 11.5 Å². The summed E-state index contributed by atoms with van der Waals surface area (Å²) in [5.74, 6) is 2.05. The molecule has 2 aliphatic rings. The maximum absolute atomic E-state index is 12.4. The smallest absolute Gasteiger partial charge is 0.224 e. The van der Waals surface area contributed by atoms with Gasteiger partial charge in [0.1, 0.15) is 12.7 Å². The van der Waals surface area contributed by atoms with E-state index in [1.807, 2.05) is 36.6 Å². The number of fused-ring (bicyclic) bond motifs is 1. The predicted octanol–water partition coefficient (Wildman–Crippen LogP) is 3.67. The molecule has 1 N–H and O–H groups in total. The fourth-order valence-corrected chi connectivity index (χ4v) is 4.81. The molecule has 31 heavy (non-hydrogen) atoms. The minimum atomic E-state index is 0.00679. The number of nitrogens with one attached hydrogen (secondary N) is 1. The predicted molar refractivity (Wildman–Crippen MR) is 123 cm³/mol. The number of nitrogens with zero attached hydrogens (tertiary/aromatic N) is 2. The molecule has 0 spiro atoms. The van der Waals surface area contributed by atoms with Crippen molar-refractivity contribution in [2.75, 3.05) is 39.0 Å². The van der Waals surface area contributed by atoms with Gasteiger partial charge in [0.05, 0.1) is 11.4 Å². The van der Waals surface area contributed by atoms with E-state index >= 15 is 0 Å². The maximum Gasteiger partial charge on any atom is 0.224 e. The number of benzene rings is 1. The summed E-state index contributed by atoms with van der Waals surface area (Å²) in [6, 6.07) is 9.33. The number of piperidine rings is 1. The zero-order valence-electron chi connectivity index (χ0n) is 17.7. The van der Waals surface area contributed by atoms with Crippen LogP contribution in [0.4, 0.5) is 0 Å². The molecule has 1 aromatic heterocycles. The summed E-state index contributed by atoms with van der Waals surface area (Å²) in [5.41, 5.74) is 0.986. The van der Waals surface area contributed by atoms with Gasteiger partial charge in [-0.3, -0.25) is 9.69 Å². The number of amides is 1. The van der Waals surface area contributed by atoms with Crippen LogP contribution in [0.3, 0.4) is 0 Å². The first-order valence-electron chi connectivity index (χ1n) is 10.7. The van der Waals surface area contributed by atoms with Crippen molar-refractivity contribution in [3.05, 3.63) is 47.1 Å². The molecule has 0 bridgehead atoms. The van der Waals surface area contributed by atoms with Crippen LogP contribution in [-0.2, 0) is 11.2 Å². The fourth-order valence-electron chi connectivity index (χ4n) is 4.08. The van der Waals surface area contributed by atoms with Gasteiger partial charge in [0.2, 0.25) is 5.91 Å². The monoisotopic (exact) mass is 461 g/mol. The van der Waals surface area contributed by atoms with Crippen molar-refractivity contribution in [3.8, 4) is 11.5 Å². The first-order valence-corrected chi connectivity index (χ1v) is 12.3. The van der Waals surface area contributed by atoms with Crippen molar-refractivity contribution in [3.63, 3.8) is 0 Å². The summed E-state index contributed by atoms with van der Waals surface area (Å²) in [7, 11) is 0. The molecule has 1 unspecified atom stereocenters. The van der Waals surface area contributed by atoms with Gasteiger partial charge in [0, 0.05) is 30.4 Å². The molecule has 166 valence electrons. The third-order valence-electron chi connectivity index (χ3n) is 5.78. The number of rotatable bonds is 7. The first-order chi connectivity index (χ1) is 15.1. The molecule has 0 aliphatic carbocycles. The first kappa shape index (κ1) is 22.2. The second-order valence-corrected chi connectivity index (χ2v) is 9.27. The SMILES string of the molecule is CSc1ncccc1CC(=O)NCC1CCN(CC2COc3ccc(Cl)cc3O2)CC1. The van der Waals surface area contributed by atoms with Crippen molar-refractivity contribution in [2.24, 2.45) is 5.92 Å². The lowest BCUT2D eigenvalue weighted by atomic mass is 9.96. The molecular formula is C23H28ClN3O3S. The molecule has 0 saturated carbocycles. The highest BCUT2D eigenvalue weighted by Crippen LogP contribution is 2.34. The van der Waals surface area contributed by atoms with E-state index < -0.39 is 0 Å². The molecule has 3 heterocycles. The van der Waals surface area contributed by atoms with E-state index in [0.29, 0.717) is 24.0 Å². The van der Waals surface area contributed by atoms with Gasteiger partial charge in [-0.15, -0.1) is 11.8 Å². The molecular weight excluding hydrogens is 434 g/mol. The summed E-state index contributed by atoms with van der Waals surface area (Å²) >= 11 is 7.64. The zero-order valence-corrected chi connectivity index (χ0v) is 19.3. The van der Waals surface area contributed by atoms with Crippen LogP contribution in [0.25, 0.3) is 0 Å². The Morgan fingerprint density at radius 3 is 2.94 bits per heavy atom. The Bertz CT molecular complexity index is 905. The van der Waals surface area contributed by atoms with E-state index in [-0.39, 0.29) is 12.0 Å². The summed E-state index contributed by atoms with van der Waals surface area (Å²) < 4.78 is 11.9. The van der Waals surface area contributed by atoms with Gasteiger partial charge in [0.25, 0.3) is 0 Å². The topological polar surface area (TPSA) is 63.7 Å². The normalized spacial score (nSPS) is 19.2. The van der Waals surface area contributed by atoms with Crippen LogP contribution in [0.15, 0.2) is 41.6 Å². The largest absolute Gasteiger partial charge is 0.486 e. The van der Waals surface area contributed by atoms with Crippen molar-refractivity contribution in [1.82, 2.24) is 15.2 Å². The van der Waals surface area contributed by atoms with E-state index in [4.69, 9.17) is 21.1 Å². The van der Waals surface area contributed by atoms with Gasteiger partial charge in [-0.25, -0.2) is 4.98 Å². The minimum Gasteiger partial charge on any atom is -0.486 e. The van der Waals surface area contributed by atoms with E-state index in [2.05, 4.69) is 15.2 Å². The number of thioether (sulfide) groups is 1. The number of carbonyl (C=O) groups excluding carboxylic acids is 1. The Morgan fingerprint density at radius 1 is 1.29 bits per heavy atom. The van der Waals surface area contributed by atoms with Gasteiger partial charge >= 0.3 is 0 Å². The van der Waals surface area contributed by atoms with Crippen LogP contribution in [0.2, 0.25) is 5.02 Å². The number of ether oxygens (including phenoxy) is 2. The number of aromatic nitrogens is 1. The molecule has 2 aliphatic heterocycles. The third kappa shape index (κ3) is 6.05. The highest BCUT2D eigenvalue weighted by atomic mass is 35.5. The second-order valence-electron chi connectivity index (χ2n) is 8.04. The van der Waals surface area contributed by atoms with Crippen LogP contribution in [0.1, 0.15) is 18.4 Å². The van der Waals surface area contributed by atoms with Crippen LogP contribution >= 0.6 is 23.4 Å². The minimum absolute atomic E-state index is 0.00679. The highest BCUT2D eigenvalue weighted by molar-refractivity contribution is 7.98. The quantitative estimate of drug-likeness (QED) is 0.635. The van der Waals surface area contributed by atoms with Gasteiger partial charge < -0.3 is 14.8 Å². The lowest BCUT2D eigenvalue weighted by Gasteiger charge is -2.35. The van der Waals surface area contributed by atoms with Gasteiger partial charge in [-0.2, -0.15) is 0 Å². The molecule has 1 saturated heterocycles. The maximum atomic E-state index is 12.4. The molecule has 0 radical (unpaired) electrons. The highest BCUT2D eigenvalue weighted by Gasteiger charge is 2.26. The molecule has 1 fully saturated rings. The molecule has 6 nitrogen and oxygen atoms in total. The summed E-state index contributed by atoms with van der Waals surface area (Å²) in [5, 5.41) is 4.69. The molecule has 1 atom stereocenters. The number of carbonyl (C=O) groups is 1. The molecule has 2 aromatic rings. The van der Waals surface area contributed by atoms with E-state index in [1.165, 1.54) is 0 Å². The lowest BCUT2D eigenvalue weighted by molar-refractivity contribution is -0.120. The Balaban J connectivity index is 1.18. The van der Waals surface area contributed by atoms with E-state index in [9.17, 15) is 4.79 Å². The van der Waals surface area contributed by atoms with Crippen LogP contribution in [-0.4, -0.2) is 60.9 Å². The van der Waals surface area contributed by atoms with Crippen molar-refractivity contribution in [2.45, 2.75) is 30.4 Å². The number of pyridine rings is 1. The zero-order chi connectivity index (χ0) is 21.6. The summed E-state index contributed by atoms with van der Waals surface area (Å²) in [4.78, 5) is 19.1. The van der Waals surface area contributed by atoms with Crippen molar-refractivity contribution in [1.29, 1.82) is 0 Å². The van der Waals surface area contributed by atoms with Crippen molar-refractivity contribution >= 4 is 29.3 Å². The lowest BCUT2D eigenvalue weighted by Crippen LogP contribution is -2.45. The molecule has 8 heteroatoms. The fraction of sp³-hybridized carbons (Fsp3) is 0.478. The number of likely N-dealkylation sites (tertiary alicyclic amines) is 1. The summed E-state index contributed by atoms with van der Waals surface area (Å²) in [6.45, 7) is 4.13. The van der Waals surface area contributed by atoms with Gasteiger partial charge in [-0.1, -0.05) is 17.7 Å². The van der Waals surface area contributed by atoms with E-state index in [1.54, 1.807) is 18.0 Å². The van der Waals surface area contributed by atoms with Crippen LogP contribution in [0.5, 0.6) is 11.5 Å². The van der Waals surface area contributed by atoms with Crippen LogP contribution in [0, 0.1) is 5.92 Å². The molecule has 4 rings (SSSR count). The average Bonchev–Trinajstić information content (AvgIpc) is 2.79. The van der Waals surface area contributed by atoms with E-state index in [0.717, 1.165) is 61.1 Å². The van der Waals surface area contributed by atoms with Crippen molar-refractivity contribution < 1.29 is 14.3 Å². The molecule has 1 amide bonds. The Morgan fingerprint density at radius 2 is 2.13 bits per heavy atom. The van der Waals surface area contributed by atoms with Crippen LogP contribution < -0.4 is 14.8 Å². The summed E-state index contributed by atoms with van der Waals surface area (Å²) in [6.07, 6.45) is 6.27. The third-order valence-corrected chi connectivity index (χ3v) is 6.76. The second kappa shape index (κ2) is 10.6. The number of hydrogen-bond acceptors (Lipinski definition) is 6. The number of halogens is 1. The Hall–Kier alpha value is -1.96. The molecule has 1 aromatic carbocycles. The Labute approximate surface area is 192 Å². The van der Waals surface area contributed by atoms with Gasteiger partial charge in [-0.05, 0) is 61.9 Å². The average molecular weight is 462 g/mol. The standard InChI is InChI=1S/C23H28ClN3O3S/c1-31-23-17(3-2-8-25-23)11-22(28)26-13-16-6-9-27(10-7-16)14-19-15-29-20-5-4-18(24)12-21(20)30-19/h2-5,8,12,16,19H,6-7,9-11,13-15H2,1H3,(H,26,28). The Kier molecular flexibility index (Phi) is 7.58.